The topological polar surface area (TPSA) is 49.4 Å². The van der Waals surface area contributed by atoms with Crippen LogP contribution in [0.25, 0.3) is 0 Å². The van der Waals surface area contributed by atoms with E-state index < -0.39 is 5.54 Å². The monoisotopic (exact) mass is 286 g/mol. The molecule has 5 heteroatoms. The number of nitrogens with zero attached hydrogens (tertiary/aromatic N) is 1. The number of hydrogen-bond acceptors (Lipinski definition) is 3. The Labute approximate surface area is 120 Å². The molecule has 1 saturated heterocycles. The number of amides is 2. The summed E-state index contributed by atoms with van der Waals surface area (Å²) in [5, 5.41) is 2.87. The Kier molecular flexibility index (Phi) is 5.71. The van der Waals surface area contributed by atoms with Crippen molar-refractivity contribution in [3.05, 3.63) is 0 Å². The van der Waals surface area contributed by atoms with Crippen molar-refractivity contribution < 1.29 is 9.59 Å². The fraction of sp³-hybridized carbons (Fsp3) is 0.857. The van der Waals surface area contributed by atoms with E-state index in [0.29, 0.717) is 18.9 Å². The molecule has 2 amide bonds. The third-order valence-corrected chi connectivity index (χ3v) is 4.35. The molecule has 1 aliphatic heterocycles. The number of piperazine rings is 1. The lowest BCUT2D eigenvalue weighted by Crippen LogP contribution is -2.68. The minimum absolute atomic E-state index is 0.0424. The van der Waals surface area contributed by atoms with Gasteiger partial charge in [0, 0.05) is 12.3 Å². The van der Waals surface area contributed by atoms with Crippen molar-refractivity contribution in [3.63, 3.8) is 0 Å². The summed E-state index contributed by atoms with van der Waals surface area (Å²) in [5.41, 5.74) is -0.737. The summed E-state index contributed by atoms with van der Waals surface area (Å²) in [6.45, 7) is 10.5. The summed E-state index contributed by atoms with van der Waals surface area (Å²) >= 11 is 1.80. The molecule has 1 N–H and O–H groups in total. The van der Waals surface area contributed by atoms with E-state index in [0.717, 1.165) is 11.5 Å². The Bertz CT molecular complexity index is 342. The van der Waals surface area contributed by atoms with Gasteiger partial charge in [-0.15, -0.1) is 0 Å². The molecule has 0 spiro atoms. The van der Waals surface area contributed by atoms with Crippen LogP contribution in [0.4, 0.5) is 0 Å². The zero-order valence-electron chi connectivity index (χ0n) is 12.7. The van der Waals surface area contributed by atoms with E-state index in [1.54, 1.807) is 16.7 Å². The predicted octanol–water partition coefficient (Wildman–Crippen LogP) is 1.89. The molecule has 19 heavy (non-hydrogen) atoms. The first-order valence-electron chi connectivity index (χ1n) is 7.00. The van der Waals surface area contributed by atoms with E-state index in [1.165, 1.54) is 0 Å². The molecule has 0 aromatic rings. The number of thioether (sulfide) groups is 1. The lowest BCUT2D eigenvalue weighted by atomic mass is 9.92. The van der Waals surface area contributed by atoms with E-state index in [1.807, 2.05) is 13.8 Å². The zero-order valence-corrected chi connectivity index (χ0v) is 13.5. The average Bonchev–Trinajstić information content (AvgIpc) is 2.30. The van der Waals surface area contributed by atoms with Crippen molar-refractivity contribution in [2.45, 2.75) is 52.6 Å². The zero-order chi connectivity index (χ0) is 14.6. The number of nitrogens with one attached hydrogen (secondary N) is 1. The highest BCUT2D eigenvalue weighted by atomic mass is 32.2. The molecular weight excluding hydrogens is 260 g/mol. The number of rotatable bonds is 6. The number of carbonyl (C=O) groups is 2. The van der Waals surface area contributed by atoms with Crippen molar-refractivity contribution in [2.75, 3.05) is 18.1 Å². The van der Waals surface area contributed by atoms with Gasteiger partial charge in [0.25, 0.3) is 0 Å². The maximum absolute atomic E-state index is 12.5. The molecule has 1 aliphatic rings. The van der Waals surface area contributed by atoms with Gasteiger partial charge in [-0.3, -0.25) is 9.59 Å². The van der Waals surface area contributed by atoms with Gasteiger partial charge in [-0.2, -0.15) is 11.8 Å². The van der Waals surface area contributed by atoms with Crippen LogP contribution in [0.2, 0.25) is 0 Å². The summed E-state index contributed by atoms with van der Waals surface area (Å²) in [6.07, 6.45) is 0.706. The van der Waals surface area contributed by atoms with Crippen LogP contribution < -0.4 is 5.32 Å². The summed E-state index contributed by atoms with van der Waals surface area (Å²) in [5.74, 6) is 2.33. The Balaban J connectivity index is 2.81. The molecule has 4 nitrogen and oxygen atoms in total. The van der Waals surface area contributed by atoms with Crippen LogP contribution in [-0.4, -0.2) is 46.3 Å². The highest BCUT2D eigenvalue weighted by molar-refractivity contribution is 7.99. The van der Waals surface area contributed by atoms with Crippen LogP contribution in [0.1, 0.15) is 41.0 Å². The standard InChI is InChI=1S/C14H26N2O2S/c1-6-19-8-7-16-12(17)11(9-10(2)3)15-13(18)14(16,4)5/h10-11H,6-9H2,1-5H3,(H,15,18). The quantitative estimate of drug-likeness (QED) is 0.759. The van der Waals surface area contributed by atoms with Crippen molar-refractivity contribution >= 4 is 23.6 Å². The first-order chi connectivity index (χ1) is 8.80. The first-order valence-corrected chi connectivity index (χ1v) is 8.16. The highest BCUT2D eigenvalue weighted by Gasteiger charge is 2.45. The third kappa shape index (κ3) is 3.88. The molecule has 1 rings (SSSR count). The van der Waals surface area contributed by atoms with Crippen molar-refractivity contribution in [3.8, 4) is 0 Å². The summed E-state index contributed by atoms with van der Waals surface area (Å²) in [7, 11) is 0. The maximum Gasteiger partial charge on any atom is 0.246 e. The third-order valence-electron chi connectivity index (χ3n) is 3.47. The molecule has 110 valence electrons. The van der Waals surface area contributed by atoms with Crippen molar-refractivity contribution in [2.24, 2.45) is 5.92 Å². The minimum Gasteiger partial charge on any atom is -0.342 e. The van der Waals surface area contributed by atoms with Gasteiger partial charge >= 0.3 is 0 Å². The van der Waals surface area contributed by atoms with Crippen LogP contribution in [0.15, 0.2) is 0 Å². The van der Waals surface area contributed by atoms with Gasteiger partial charge in [0.05, 0.1) is 0 Å². The van der Waals surface area contributed by atoms with Crippen LogP contribution in [0.5, 0.6) is 0 Å². The molecule has 1 heterocycles. The Morgan fingerprint density at radius 2 is 2.00 bits per heavy atom. The lowest BCUT2D eigenvalue weighted by Gasteiger charge is -2.44. The largest absolute Gasteiger partial charge is 0.342 e. The first kappa shape index (κ1) is 16.3. The lowest BCUT2D eigenvalue weighted by molar-refractivity contribution is -0.155. The molecule has 0 bridgehead atoms. The molecular formula is C14H26N2O2S. The molecule has 1 fully saturated rings. The van der Waals surface area contributed by atoms with E-state index in [2.05, 4.69) is 26.1 Å². The van der Waals surface area contributed by atoms with Crippen molar-refractivity contribution in [1.82, 2.24) is 10.2 Å². The number of hydrogen-bond donors (Lipinski definition) is 1. The Hall–Kier alpha value is -0.710. The normalized spacial score (nSPS) is 22.8. The van der Waals surface area contributed by atoms with Crippen molar-refractivity contribution in [1.29, 1.82) is 0 Å². The van der Waals surface area contributed by atoms with Gasteiger partial charge in [-0.1, -0.05) is 20.8 Å². The number of carbonyl (C=O) groups excluding carboxylic acids is 2. The van der Waals surface area contributed by atoms with Crippen LogP contribution >= 0.6 is 11.8 Å². The van der Waals surface area contributed by atoms with Gasteiger partial charge in [0.1, 0.15) is 11.6 Å². The van der Waals surface area contributed by atoms with Crippen LogP contribution in [0, 0.1) is 5.92 Å². The maximum atomic E-state index is 12.5. The Morgan fingerprint density at radius 1 is 1.37 bits per heavy atom. The molecule has 0 radical (unpaired) electrons. The van der Waals surface area contributed by atoms with Crippen LogP contribution in [-0.2, 0) is 9.59 Å². The van der Waals surface area contributed by atoms with E-state index >= 15 is 0 Å². The SMILES string of the molecule is CCSCCN1C(=O)C(CC(C)C)NC(=O)C1(C)C. The van der Waals surface area contributed by atoms with E-state index in [9.17, 15) is 9.59 Å². The second-order valence-corrected chi connectivity index (χ2v) is 7.30. The molecule has 1 atom stereocenters. The minimum atomic E-state index is -0.737. The fourth-order valence-electron chi connectivity index (χ4n) is 2.30. The van der Waals surface area contributed by atoms with E-state index in [4.69, 9.17) is 0 Å². The Morgan fingerprint density at radius 3 is 2.53 bits per heavy atom. The summed E-state index contributed by atoms with van der Waals surface area (Å²) in [6, 6.07) is -0.354. The summed E-state index contributed by atoms with van der Waals surface area (Å²) < 4.78 is 0. The average molecular weight is 286 g/mol. The van der Waals surface area contributed by atoms with Crippen LogP contribution in [0.3, 0.4) is 0 Å². The smallest absolute Gasteiger partial charge is 0.246 e. The second kappa shape index (κ2) is 6.64. The van der Waals surface area contributed by atoms with Gasteiger partial charge in [0.15, 0.2) is 0 Å². The molecule has 0 aromatic heterocycles. The van der Waals surface area contributed by atoms with Gasteiger partial charge in [0.2, 0.25) is 11.8 Å². The molecule has 0 aliphatic carbocycles. The second-order valence-electron chi connectivity index (χ2n) is 5.90. The van der Waals surface area contributed by atoms with Gasteiger partial charge in [-0.25, -0.2) is 0 Å². The molecule has 1 unspecified atom stereocenters. The highest BCUT2D eigenvalue weighted by Crippen LogP contribution is 2.24. The summed E-state index contributed by atoms with van der Waals surface area (Å²) in [4.78, 5) is 26.5. The predicted molar refractivity (Wildman–Crippen MR) is 80.2 cm³/mol. The fourth-order valence-corrected chi connectivity index (χ4v) is 2.90. The van der Waals surface area contributed by atoms with Gasteiger partial charge < -0.3 is 10.2 Å². The van der Waals surface area contributed by atoms with Gasteiger partial charge in [-0.05, 0) is 31.9 Å². The molecule has 0 aromatic carbocycles. The van der Waals surface area contributed by atoms with E-state index in [-0.39, 0.29) is 17.9 Å². The molecule has 0 saturated carbocycles.